The van der Waals surface area contributed by atoms with Crippen molar-refractivity contribution in [1.82, 2.24) is 9.78 Å². The van der Waals surface area contributed by atoms with E-state index >= 15 is 0 Å². The molecular formula is C14H10ClF3N2O2. The SMILES string of the molecule is O=C(O)c1cccc(-n2nc(C(F)(F)F)c(Cl)c2C2CC2)c1. The minimum absolute atomic E-state index is 0.0283. The van der Waals surface area contributed by atoms with E-state index in [0.717, 1.165) is 17.5 Å². The number of hydrogen-bond acceptors (Lipinski definition) is 2. The Bertz CT molecular complexity index is 751. The molecule has 1 aromatic carbocycles. The van der Waals surface area contributed by atoms with Gasteiger partial charge in [-0.25, -0.2) is 9.48 Å². The Morgan fingerprint density at radius 3 is 2.59 bits per heavy atom. The molecule has 1 aromatic heterocycles. The first kappa shape index (κ1) is 14.9. The lowest BCUT2D eigenvalue weighted by atomic mass is 10.2. The lowest BCUT2D eigenvalue weighted by molar-refractivity contribution is -0.141. The van der Waals surface area contributed by atoms with Crippen molar-refractivity contribution in [2.45, 2.75) is 24.9 Å². The van der Waals surface area contributed by atoms with Crippen LogP contribution in [0.5, 0.6) is 0 Å². The number of benzene rings is 1. The topological polar surface area (TPSA) is 55.1 Å². The van der Waals surface area contributed by atoms with Crippen LogP contribution in [0.25, 0.3) is 5.69 Å². The van der Waals surface area contributed by atoms with E-state index in [9.17, 15) is 18.0 Å². The van der Waals surface area contributed by atoms with Crippen LogP contribution in [0.2, 0.25) is 5.02 Å². The van der Waals surface area contributed by atoms with Crippen LogP contribution in [0.3, 0.4) is 0 Å². The van der Waals surface area contributed by atoms with Gasteiger partial charge in [-0.15, -0.1) is 0 Å². The zero-order chi connectivity index (χ0) is 16.1. The van der Waals surface area contributed by atoms with Gasteiger partial charge < -0.3 is 5.11 Å². The molecule has 0 aliphatic heterocycles. The molecule has 0 spiro atoms. The summed E-state index contributed by atoms with van der Waals surface area (Å²) in [6.07, 6.45) is -3.18. The molecule has 1 aliphatic carbocycles. The minimum Gasteiger partial charge on any atom is -0.478 e. The minimum atomic E-state index is -4.66. The number of alkyl halides is 3. The molecule has 1 aliphatic rings. The molecule has 0 amide bonds. The molecule has 0 bridgehead atoms. The normalized spacial score (nSPS) is 15.1. The van der Waals surface area contributed by atoms with Crippen molar-refractivity contribution >= 4 is 17.6 Å². The number of nitrogens with zero attached hydrogens (tertiary/aromatic N) is 2. The lowest BCUT2D eigenvalue weighted by Gasteiger charge is -2.07. The summed E-state index contributed by atoms with van der Waals surface area (Å²) in [6, 6.07) is 5.59. The molecule has 0 unspecified atom stereocenters. The first-order valence-corrected chi connectivity index (χ1v) is 6.86. The fourth-order valence-corrected chi connectivity index (χ4v) is 2.65. The average molecular weight is 331 g/mol. The Hall–Kier alpha value is -2.02. The van der Waals surface area contributed by atoms with Crippen LogP contribution in [0, 0.1) is 0 Å². The molecule has 0 saturated heterocycles. The summed E-state index contributed by atoms with van der Waals surface area (Å²) in [4.78, 5) is 11.0. The van der Waals surface area contributed by atoms with Gasteiger partial charge in [0.1, 0.15) is 0 Å². The summed E-state index contributed by atoms with van der Waals surface area (Å²) < 4.78 is 40.1. The van der Waals surface area contributed by atoms with Gasteiger partial charge in [-0.05, 0) is 31.0 Å². The zero-order valence-corrected chi connectivity index (χ0v) is 11.8. The zero-order valence-electron chi connectivity index (χ0n) is 11.1. The van der Waals surface area contributed by atoms with Crippen molar-refractivity contribution in [3.63, 3.8) is 0 Å². The molecule has 1 saturated carbocycles. The first-order chi connectivity index (χ1) is 10.3. The van der Waals surface area contributed by atoms with E-state index in [0.29, 0.717) is 0 Å². The number of rotatable bonds is 3. The summed E-state index contributed by atoms with van der Waals surface area (Å²) in [5, 5.41) is 12.2. The van der Waals surface area contributed by atoms with Gasteiger partial charge in [0.25, 0.3) is 0 Å². The molecule has 2 aromatic rings. The van der Waals surface area contributed by atoms with E-state index < -0.39 is 22.9 Å². The highest BCUT2D eigenvalue weighted by Crippen LogP contribution is 2.47. The third kappa shape index (κ3) is 2.56. The van der Waals surface area contributed by atoms with E-state index in [1.807, 2.05) is 0 Å². The summed E-state index contributed by atoms with van der Waals surface area (Å²) in [6.45, 7) is 0. The van der Waals surface area contributed by atoms with Crippen LogP contribution >= 0.6 is 11.6 Å². The van der Waals surface area contributed by atoms with Crippen LogP contribution < -0.4 is 0 Å². The second kappa shape index (κ2) is 5.01. The predicted octanol–water partition coefficient (Wildman–Crippen LogP) is 4.12. The van der Waals surface area contributed by atoms with Gasteiger partial charge in [-0.2, -0.15) is 18.3 Å². The molecule has 3 rings (SSSR count). The maximum absolute atomic E-state index is 13.0. The first-order valence-electron chi connectivity index (χ1n) is 6.48. The highest BCUT2D eigenvalue weighted by Gasteiger charge is 2.42. The largest absolute Gasteiger partial charge is 0.478 e. The van der Waals surface area contributed by atoms with Crippen LogP contribution in [0.1, 0.15) is 40.5 Å². The quantitative estimate of drug-likeness (QED) is 0.921. The van der Waals surface area contributed by atoms with Gasteiger partial charge in [0.15, 0.2) is 5.69 Å². The van der Waals surface area contributed by atoms with Crippen LogP contribution in [-0.2, 0) is 6.18 Å². The predicted molar refractivity (Wildman–Crippen MR) is 72.5 cm³/mol. The van der Waals surface area contributed by atoms with Crippen molar-refractivity contribution in [3.05, 3.63) is 46.2 Å². The van der Waals surface area contributed by atoms with Crippen LogP contribution in [-0.4, -0.2) is 20.9 Å². The van der Waals surface area contributed by atoms with Crippen molar-refractivity contribution in [3.8, 4) is 5.69 Å². The molecule has 0 atom stereocenters. The third-order valence-electron chi connectivity index (χ3n) is 3.43. The Morgan fingerprint density at radius 2 is 2.05 bits per heavy atom. The van der Waals surface area contributed by atoms with Crippen molar-refractivity contribution in [2.24, 2.45) is 0 Å². The fourth-order valence-electron chi connectivity index (χ4n) is 2.27. The van der Waals surface area contributed by atoms with E-state index in [-0.39, 0.29) is 22.9 Å². The van der Waals surface area contributed by atoms with Crippen molar-refractivity contribution in [2.75, 3.05) is 0 Å². The molecule has 1 fully saturated rings. The number of carboxylic acid groups (broad SMARTS) is 1. The Morgan fingerprint density at radius 1 is 1.36 bits per heavy atom. The number of aromatic nitrogens is 2. The number of aromatic carboxylic acids is 1. The smallest absolute Gasteiger partial charge is 0.436 e. The number of halogens is 4. The molecule has 116 valence electrons. The van der Waals surface area contributed by atoms with Gasteiger partial charge >= 0.3 is 12.1 Å². The summed E-state index contributed by atoms with van der Waals surface area (Å²) in [7, 11) is 0. The number of carboxylic acids is 1. The number of hydrogen-bond donors (Lipinski definition) is 1. The standard InChI is InChI=1S/C14H10ClF3N2O2/c15-10-11(7-4-5-7)20(19-12(10)14(16,17)18)9-3-1-2-8(6-9)13(21)22/h1-3,6-7H,4-5H2,(H,21,22). The second-order valence-corrected chi connectivity index (χ2v) is 5.47. The van der Waals surface area contributed by atoms with Gasteiger partial charge in [0.2, 0.25) is 0 Å². The third-order valence-corrected chi connectivity index (χ3v) is 3.80. The van der Waals surface area contributed by atoms with Crippen LogP contribution in [0.15, 0.2) is 24.3 Å². The van der Waals surface area contributed by atoms with Crippen LogP contribution in [0.4, 0.5) is 13.2 Å². The van der Waals surface area contributed by atoms with Gasteiger partial charge in [-0.3, -0.25) is 0 Å². The molecular weight excluding hydrogens is 321 g/mol. The summed E-state index contributed by atoms with van der Waals surface area (Å²) in [5.41, 5.74) is -0.632. The van der Waals surface area contributed by atoms with E-state index in [4.69, 9.17) is 16.7 Å². The summed E-state index contributed by atoms with van der Waals surface area (Å²) in [5.74, 6) is -1.24. The van der Waals surface area contributed by atoms with E-state index in [1.54, 1.807) is 0 Å². The number of carbonyl (C=O) groups is 1. The molecule has 4 nitrogen and oxygen atoms in total. The molecule has 1 heterocycles. The van der Waals surface area contributed by atoms with Gasteiger partial charge in [-0.1, -0.05) is 17.7 Å². The van der Waals surface area contributed by atoms with Crippen molar-refractivity contribution in [1.29, 1.82) is 0 Å². The molecule has 0 radical (unpaired) electrons. The monoisotopic (exact) mass is 330 g/mol. The maximum Gasteiger partial charge on any atom is 0.436 e. The second-order valence-electron chi connectivity index (χ2n) is 5.09. The Balaban J connectivity index is 2.18. The Labute approximate surface area is 128 Å². The molecule has 8 heteroatoms. The van der Waals surface area contributed by atoms with Crippen molar-refractivity contribution < 1.29 is 23.1 Å². The fraction of sp³-hybridized carbons (Fsp3) is 0.286. The van der Waals surface area contributed by atoms with Gasteiger partial charge in [0.05, 0.1) is 22.0 Å². The van der Waals surface area contributed by atoms with Gasteiger partial charge in [0, 0.05) is 5.92 Å². The van der Waals surface area contributed by atoms with E-state index in [1.165, 1.54) is 24.3 Å². The van der Waals surface area contributed by atoms with E-state index in [2.05, 4.69) is 5.10 Å². The maximum atomic E-state index is 13.0. The summed E-state index contributed by atoms with van der Waals surface area (Å²) >= 11 is 5.88. The average Bonchev–Trinajstić information content (AvgIpc) is 3.20. The lowest BCUT2D eigenvalue weighted by Crippen LogP contribution is -2.08. The molecule has 1 N–H and O–H groups in total. The Kier molecular flexibility index (Phi) is 3.40. The highest BCUT2D eigenvalue weighted by atomic mass is 35.5. The highest BCUT2D eigenvalue weighted by molar-refractivity contribution is 6.32. The molecule has 22 heavy (non-hydrogen) atoms.